The Balaban J connectivity index is 0.000000360. The summed E-state index contributed by atoms with van der Waals surface area (Å²) in [7, 11) is 2.04. The summed E-state index contributed by atoms with van der Waals surface area (Å²) in [5, 5.41) is 0. The lowest BCUT2D eigenvalue weighted by molar-refractivity contribution is -0.141. The highest BCUT2D eigenvalue weighted by molar-refractivity contribution is 5.97. The third-order valence-electron chi connectivity index (χ3n) is 5.16. The van der Waals surface area contributed by atoms with E-state index >= 15 is 0 Å². The average molecular weight is 400 g/mol. The van der Waals surface area contributed by atoms with Crippen molar-refractivity contribution in [1.82, 2.24) is 14.7 Å². The van der Waals surface area contributed by atoms with Crippen molar-refractivity contribution in [3.8, 4) is 0 Å². The van der Waals surface area contributed by atoms with Crippen molar-refractivity contribution in [2.24, 2.45) is 0 Å². The molecule has 0 aromatic heterocycles. The highest BCUT2D eigenvalue weighted by Gasteiger charge is 2.25. The molecule has 1 fully saturated rings. The zero-order chi connectivity index (χ0) is 21.2. The molecule has 6 heteroatoms. The molecular formula is C23H30FN3O2. The van der Waals surface area contributed by atoms with E-state index in [1.807, 2.05) is 13.1 Å². The molecule has 1 aromatic rings. The minimum absolute atomic E-state index is 0.0302. The van der Waals surface area contributed by atoms with Gasteiger partial charge < -0.3 is 14.7 Å². The standard InChI is InChI=1S/C17H25N3O2.C6H5F/c1-4-14-6-7-20(13-15(14)5-2)17(22)12-16(21)19-10-8-18(3)9-11-19;7-6-4-2-1-3-5-6/h4-5H,1-2,6-13H2,3H3;1-5H. The number of piperazine rings is 1. The van der Waals surface area contributed by atoms with Crippen LogP contribution >= 0.6 is 0 Å². The molecule has 0 spiro atoms. The maximum Gasteiger partial charge on any atom is 0.232 e. The number of nitrogens with zero attached hydrogens (tertiary/aromatic N) is 3. The van der Waals surface area contributed by atoms with Gasteiger partial charge >= 0.3 is 0 Å². The van der Waals surface area contributed by atoms with Crippen molar-refractivity contribution < 1.29 is 14.0 Å². The quantitative estimate of drug-likeness (QED) is 0.732. The molecule has 156 valence electrons. The van der Waals surface area contributed by atoms with E-state index in [0.29, 0.717) is 26.2 Å². The van der Waals surface area contributed by atoms with Crippen LogP contribution in [0.3, 0.4) is 0 Å². The van der Waals surface area contributed by atoms with Gasteiger partial charge in [-0.1, -0.05) is 43.5 Å². The van der Waals surface area contributed by atoms with Gasteiger partial charge in [0.25, 0.3) is 0 Å². The Bertz CT molecular complexity index is 753. The molecule has 0 unspecified atom stereocenters. The van der Waals surface area contributed by atoms with Gasteiger partial charge in [0.05, 0.1) is 0 Å². The van der Waals surface area contributed by atoms with Gasteiger partial charge in [-0.25, -0.2) is 4.39 Å². The number of hydrogen-bond acceptors (Lipinski definition) is 3. The third-order valence-corrected chi connectivity index (χ3v) is 5.16. The maximum absolute atomic E-state index is 12.4. The largest absolute Gasteiger partial charge is 0.340 e. The van der Waals surface area contributed by atoms with Crippen LogP contribution in [0.4, 0.5) is 4.39 Å². The van der Waals surface area contributed by atoms with Crippen LogP contribution in [0, 0.1) is 5.82 Å². The summed E-state index contributed by atoms with van der Waals surface area (Å²) in [5.74, 6) is -0.328. The first kappa shape index (κ1) is 22.6. The number of benzene rings is 1. The summed E-state index contributed by atoms with van der Waals surface area (Å²) in [6, 6.07) is 7.94. The molecule has 0 aliphatic carbocycles. The number of carbonyl (C=O) groups excluding carboxylic acids is 2. The SMILES string of the molecule is C=CC1=C(C=C)CN(C(=O)CC(=O)N2CCN(C)CC2)CC1.Fc1ccccc1. The van der Waals surface area contributed by atoms with Gasteiger partial charge in [-0.3, -0.25) is 9.59 Å². The Hall–Kier alpha value is -2.73. The van der Waals surface area contributed by atoms with E-state index < -0.39 is 0 Å². The zero-order valence-corrected chi connectivity index (χ0v) is 17.1. The molecule has 0 bridgehead atoms. The number of hydrogen-bond donors (Lipinski definition) is 0. The summed E-state index contributed by atoms with van der Waals surface area (Å²) in [6.45, 7) is 11.9. The fraction of sp³-hybridized carbons (Fsp3) is 0.391. The average Bonchev–Trinajstić information content (AvgIpc) is 2.74. The fourth-order valence-corrected chi connectivity index (χ4v) is 3.27. The van der Waals surface area contributed by atoms with Crippen LogP contribution in [0.25, 0.3) is 0 Å². The van der Waals surface area contributed by atoms with E-state index in [9.17, 15) is 14.0 Å². The van der Waals surface area contributed by atoms with E-state index in [1.54, 1.807) is 34.1 Å². The third kappa shape index (κ3) is 6.98. The second-order valence-corrected chi connectivity index (χ2v) is 7.18. The monoisotopic (exact) mass is 399 g/mol. The topological polar surface area (TPSA) is 43.9 Å². The minimum Gasteiger partial charge on any atom is -0.340 e. The lowest BCUT2D eigenvalue weighted by atomic mass is 10.00. The van der Waals surface area contributed by atoms with Gasteiger partial charge in [0.15, 0.2) is 0 Å². The van der Waals surface area contributed by atoms with E-state index in [0.717, 1.165) is 30.7 Å². The van der Waals surface area contributed by atoms with E-state index in [1.165, 1.54) is 12.1 Å². The molecule has 1 saturated heterocycles. The second-order valence-electron chi connectivity index (χ2n) is 7.18. The molecule has 2 heterocycles. The Kier molecular flexibility index (Phi) is 8.80. The summed E-state index contributed by atoms with van der Waals surface area (Å²) < 4.78 is 11.9. The molecule has 2 aliphatic heterocycles. The van der Waals surface area contributed by atoms with Crippen LogP contribution < -0.4 is 0 Å². The van der Waals surface area contributed by atoms with E-state index in [-0.39, 0.29) is 24.1 Å². The Morgan fingerprint density at radius 3 is 2.03 bits per heavy atom. The van der Waals surface area contributed by atoms with Crippen molar-refractivity contribution >= 4 is 11.8 Å². The van der Waals surface area contributed by atoms with E-state index in [4.69, 9.17) is 0 Å². The van der Waals surface area contributed by atoms with Crippen LogP contribution in [-0.4, -0.2) is 72.8 Å². The molecule has 3 rings (SSSR count). The van der Waals surface area contributed by atoms with Crippen LogP contribution in [0.2, 0.25) is 0 Å². The smallest absolute Gasteiger partial charge is 0.232 e. The fourth-order valence-electron chi connectivity index (χ4n) is 3.27. The Morgan fingerprint density at radius 2 is 1.52 bits per heavy atom. The molecular weight excluding hydrogens is 369 g/mol. The normalized spacial score (nSPS) is 17.3. The number of carbonyl (C=O) groups is 2. The predicted octanol–water partition coefficient (Wildman–Crippen LogP) is 2.88. The van der Waals surface area contributed by atoms with Crippen molar-refractivity contribution in [2.75, 3.05) is 46.3 Å². The number of halogens is 1. The zero-order valence-electron chi connectivity index (χ0n) is 17.1. The molecule has 2 aliphatic rings. The molecule has 0 atom stereocenters. The van der Waals surface area contributed by atoms with Crippen LogP contribution in [0.1, 0.15) is 12.8 Å². The van der Waals surface area contributed by atoms with Crippen LogP contribution in [0.5, 0.6) is 0 Å². The summed E-state index contributed by atoms with van der Waals surface area (Å²) in [6.07, 6.45) is 4.35. The first-order valence-corrected chi connectivity index (χ1v) is 9.86. The second kappa shape index (κ2) is 11.3. The highest BCUT2D eigenvalue weighted by atomic mass is 19.1. The van der Waals surface area contributed by atoms with Crippen molar-refractivity contribution in [2.45, 2.75) is 12.8 Å². The van der Waals surface area contributed by atoms with Gasteiger partial charge in [-0.05, 0) is 36.7 Å². The number of rotatable bonds is 4. The van der Waals surface area contributed by atoms with Gasteiger partial charge in [0, 0.05) is 39.3 Å². The van der Waals surface area contributed by atoms with Gasteiger partial charge in [-0.2, -0.15) is 0 Å². The van der Waals surface area contributed by atoms with Crippen molar-refractivity contribution in [3.05, 3.63) is 72.6 Å². The summed E-state index contributed by atoms with van der Waals surface area (Å²) in [4.78, 5) is 30.3. The number of allylic oxidation sites excluding steroid dienone is 1. The highest BCUT2D eigenvalue weighted by Crippen LogP contribution is 2.20. The predicted molar refractivity (Wildman–Crippen MR) is 114 cm³/mol. The molecule has 0 N–H and O–H groups in total. The van der Waals surface area contributed by atoms with Crippen molar-refractivity contribution in [1.29, 1.82) is 0 Å². The number of likely N-dealkylation sites (N-methyl/N-ethyl adjacent to an activating group) is 1. The first-order chi connectivity index (χ1) is 13.9. The van der Waals surface area contributed by atoms with Crippen molar-refractivity contribution in [3.63, 3.8) is 0 Å². The summed E-state index contributed by atoms with van der Waals surface area (Å²) in [5.41, 5.74) is 2.17. The molecule has 29 heavy (non-hydrogen) atoms. The van der Waals surface area contributed by atoms with E-state index in [2.05, 4.69) is 18.1 Å². The lowest BCUT2D eigenvalue weighted by Crippen LogP contribution is -2.48. The van der Waals surface area contributed by atoms with Gasteiger partial charge in [0.2, 0.25) is 11.8 Å². The van der Waals surface area contributed by atoms with Crippen LogP contribution in [0.15, 0.2) is 66.8 Å². The lowest BCUT2D eigenvalue weighted by Gasteiger charge is -2.33. The molecule has 1 aromatic carbocycles. The van der Waals surface area contributed by atoms with Gasteiger partial charge in [0.1, 0.15) is 12.2 Å². The number of amides is 2. The Morgan fingerprint density at radius 1 is 0.931 bits per heavy atom. The molecule has 2 amide bonds. The molecule has 0 saturated carbocycles. The minimum atomic E-state index is -0.178. The van der Waals surface area contributed by atoms with Gasteiger partial charge in [-0.15, -0.1) is 0 Å². The first-order valence-electron chi connectivity index (χ1n) is 9.86. The Labute approximate surface area is 172 Å². The molecule has 5 nitrogen and oxygen atoms in total. The summed E-state index contributed by atoms with van der Waals surface area (Å²) >= 11 is 0. The molecule has 0 radical (unpaired) electrons. The van der Waals surface area contributed by atoms with Crippen LogP contribution in [-0.2, 0) is 9.59 Å². The maximum atomic E-state index is 12.4.